The molecule has 0 bridgehead atoms. The first-order chi connectivity index (χ1) is 9.63. The molecule has 0 spiro atoms. The molecule has 1 aliphatic rings. The van der Waals surface area contributed by atoms with E-state index < -0.39 is 0 Å². The van der Waals surface area contributed by atoms with Crippen LogP contribution in [0.1, 0.15) is 23.4 Å². The second-order valence-electron chi connectivity index (χ2n) is 5.04. The van der Waals surface area contributed by atoms with Crippen LogP contribution in [-0.2, 0) is 11.2 Å². The fraction of sp³-hybridized carbons (Fsp3) is 0.333. The fourth-order valence-corrected chi connectivity index (χ4v) is 3.38. The number of carbonyl (C=O) groups excluding carboxylic acids is 1. The van der Waals surface area contributed by atoms with Crippen molar-refractivity contribution in [2.75, 3.05) is 5.32 Å². The molecule has 1 amide bonds. The second-order valence-corrected chi connectivity index (χ2v) is 6.24. The molecule has 20 heavy (non-hydrogen) atoms. The highest BCUT2D eigenvalue weighted by molar-refractivity contribution is 8.00. The number of nitrogens with one attached hydrogen (secondary N) is 2. The van der Waals surface area contributed by atoms with Gasteiger partial charge in [0.2, 0.25) is 5.91 Å². The molecular formula is C15H17N3OS. The molecule has 3 rings (SSSR count). The monoisotopic (exact) mass is 287 g/mol. The molecule has 0 fully saturated rings. The van der Waals surface area contributed by atoms with Gasteiger partial charge in [0.25, 0.3) is 0 Å². The van der Waals surface area contributed by atoms with Crippen LogP contribution in [0.25, 0.3) is 0 Å². The lowest BCUT2D eigenvalue weighted by molar-refractivity contribution is -0.115. The van der Waals surface area contributed by atoms with Crippen molar-refractivity contribution in [3.8, 4) is 0 Å². The summed E-state index contributed by atoms with van der Waals surface area (Å²) in [6, 6.07) is 7.99. The van der Waals surface area contributed by atoms with Gasteiger partial charge in [-0.3, -0.25) is 4.79 Å². The third kappa shape index (κ3) is 2.58. The zero-order chi connectivity index (χ0) is 14.1. The standard InChI is InChI=1S/C15H17N3OS/c1-9-10(2)17-15(16-9)20-13-8-7-11-5-3-4-6-12(11)18-14(13)19/h3-6,13H,7-8H2,1-2H3,(H,16,17)(H,18,19). The van der Waals surface area contributed by atoms with Crippen LogP contribution < -0.4 is 5.32 Å². The second kappa shape index (κ2) is 5.32. The van der Waals surface area contributed by atoms with Gasteiger partial charge >= 0.3 is 0 Å². The smallest absolute Gasteiger partial charge is 0.237 e. The molecular weight excluding hydrogens is 270 g/mol. The number of amides is 1. The highest BCUT2D eigenvalue weighted by Crippen LogP contribution is 2.30. The molecule has 1 aliphatic heterocycles. The van der Waals surface area contributed by atoms with Gasteiger partial charge in [-0.15, -0.1) is 0 Å². The van der Waals surface area contributed by atoms with Crippen LogP contribution in [0, 0.1) is 13.8 Å². The number of fused-ring (bicyclic) bond motifs is 1. The van der Waals surface area contributed by atoms with Crippen molar-refractivity contribution in [1.82, 2.24) is 9.97 Å². The lowest BCUT2D eigenvalue weighted by atomic mass is 10.1. The number of benzene rings is 1. The number of para-hydroxylation sites is 1. The Bertz CT molecular complexity index is 631. The van der Waals surface area contributed by atoms with E-state index in [2.05, 4.69) is 21.4 Å². The molecule has 2 aromatic rings. The number of hydrogen-bond donors (Lipinski definition) is 2. The summed E-state index contributed by atoms with van der Waals surface area (Å²) in [5.74, 6) is 0.0617. The fourth-order valence-electron chi connectivity index (χ4n) is 2.31. The summed E-state index contributed by atoms with van der Waals surface area (Å²) in [5.41, 5.74) is 4.19. The number of aromatic nitrogens is 2. The zero-order valence-corrected chi connectivity index (χ0v) is 12.4. The van der Waals surface area contributed by atoms with E-state index in [4.69, 9.17) is 0 Å². The minimum Gasteiger partial charge on any atom is -0.337 e. The van der Waals surface area contributed by atoms with Crippen molar-refractivity contribution >= 4 is 23.4 Å². The van der Waals surface area contributed by atoms with Gasteiger partial charge in [-0.05, 0) is 38.3 Å². The van der Waals surface area contributed by atoms with Gasteiger partial charge in [0, 0.05) is 11.4 Å². The van der Waals surface area contributed by atoms with Crippen molar-refractivity contribution in [3.63, 3.8) is 0 Å². The summed E-state index contributed by atoms with van der Waals surface area (Å²) >= 11 is 1.51. The summed E-state index contributed by atoms with van der Waals surface area (Å²) in [6.45, 7) is 3.97. The maximum absolute atomic E-state index is 12.3. The Morgan fingerprint density at radius 3 is 2.85 bits per heavy atom. The zero-order valence-electron chi connectivity index (χ0n) is 11.6. The Kier molecular flexibility index (Phi) is 3.53. The van der Waals surface area contributed by atoms with Crippen molar-refractivity contribution in [3.05, 3.63) is 41.2 Å². The van der Waals surface area contributed by atoms with Crippen LogP contribution in [0.2, 0.25) is 0 Å². The third-order valence-electron chi connectivity index (χ3n) is 3.60. The Morgan fingerprint density at radius 2 is 2.10 bits per heavy atom. The van der Waals surface area contributed by atoms with Gasteiger partial charge in [0.05, 0.1) is 10.9 Å². The van der Waals surface area contributed by atoms with Crippen molar-refractivity contribution < 1.29 is 4.79 Å². The molecule has 2 N–H and O–H groups in total. The molecule has 2 heterocycles. The molecule has 0 saturated carbocycles. The summed E-state index contributed by atoms with van der Waals surface area (Å²) in [6.07, 6.45) is 1.73. The highest BCUT2D eigenvalue weighted by atomic mass is 32.2. The third-order valence-corrected chi connectivity index (χ3v) is 4.75. The minimum atomic E-state index is -0.104. The number of H-pyrrole nitrogens is 1. The summed E-state index contributed by atoms with van der Waals surface area (Å²) in [5, 5.41) is 3.73. The number of rotatable bonds is 2. The summed E-state index contributed by atoms with van der Waals surface area (Å²) in [4.78, 5) is 20.0. The van der Waals surface area contributed by atoms with E-state index in [1.165, 1.54) is 17.3 Å². The van der Waals surface area contributed by atoms with Crippen molar-refractivity contribution in [2.24, 2.45) is 0 Å². The predicted octanol–water partition coefficient (Wildman–Crippen LogP) is 3.07. The molecule has 1 aromatic heterocycles. The van der Waals surface area contributed by atoms with E-state index in [1.807, 2.05) is 32.0 Å². The maximum Gasteiger partial charge on any atom is 0.237 e. The normalized spacial score (nSPS) is 18.3. The highest BCUT2D eigenvalue weighted by Gasteiger charge is 2.25. The molecule has 0 aliphatic carbocycles. The molecule has 104 valence electrons. The Balaban J connectivity index is 1.78. The van der Waals surface area contributed by atoms with Gasteiger partial charge in [-0.1, -0.05) is 30.0 Å². The summed E-state index contributed by atoms with van der Waals surface area (Å²) in [7, 11) is 0. The predicted molar refractivity (Wildman–Crippen MR) is 81.1 cm³/mol. The van der Waals surface area contributed by atoms with E-state index in [9.17, 15) is 4.79 Å². The number of carbonyl (C=O) groups is 1. The number of aryl methyl sites for hydroxylation is 3. The average Bonchev–Trinajstić information content (AvgIpc) is 2.65. The van der Waals surface area contributed by atoms with Crippen molar-refractivity contribution in [2.45, 2.75) is 37.1 Å². The lowest BCUT2D eigenvalue weighted by Crippen LogP contribution is -2.23. The molecule has 0 saturated heterocycles. The SMILES string of the molecule is Cc1nc(SC2CCc3ccccc3NC2=O)[nH]c1C. The van der Waals surface area contributed by atoms with Gasteiger partial charge in [0.15, 0.2) is 5.16 Å². The lowest BCUT2D eigenvalue weighted by Gasteiger charge is -2.10. The van der Waals surface area contributed by atoms with Crippen LogP contribution in [0.5, 0.6) is 0 Å². The molecule has 1 unspecified atom stereocenters. The first-order valence-electron chi connectivity index (χ1n) is 6.72. The first-order valence-corrected chi connectivity index (χ1v) is 7.60. The average molecular weight is 287 g/mol. The van der Waals surface area contributed by atoms with Gasteiger partial charge in [0.1, 0.15) is 0 Å². The van der Waals surface area contributed by atoms with E-state index >= 15 is 0 Å². The molecule has 1 atom stereocenters. The molecule has 0 radical (unpaired) electrons. The van der Waals surface area contributed by atoms with Gasteiger partial charge < -0.3 is 10.3 Å². The molecule has 4 nitrogen and oxygen atoms in total. The van der Waals surface area contributed by atoms with Crippen LogP contribution in [0.3, 0.4) is 0 Å². The largest absolute Gasteiger partial charge is 0.337 e. The Hall–Kier alpha value is -1.75. The Labute approximate surface area is 122 Å². The number of nitrogens with zero attached hydrogens (tertiary/aromatic N) is 1. The van der Waals surface area contributed by atoms with Crippen molar-refractivity contribution in [1.29, 1.82) is 0 Å². The van der Waals surface area contributed by atoms with Gasteiger partial charge in [-0.2, -0.15) is 0 Å². The van der Waals surface area contributed by atoms with Crippen LogP contribution in [-0.4, -0.2) is 21.1 Å². The number of aromatic amines is 1. The number of anilines is 1. The number of hydrogen-bond acceptors (Lipinski definition) is 3. The Morgan fingerprint density at radius 1 is 1.30 bits per heavy atom. The quantitative estimate of drug-likeness (QED) is 0.892. The number of thioether (sulfide) groups is 1. The van der Waals surface area contributed by atoms with E-state index in [0.29, 0.717) is 0 Å². The van der Waals surface area contributed by atoms with E-state index in [1.54, 1.807) is 0 Å². The summed E-state index contributed by atoms with van der Waals surface area (Å²) < 4.78 is 0. The van der Waals surface area contributed by atoms with Crippen LogP contribution in [0.4, 0.5) is 5.69 Å². The van der Waals surface area contributed by atoms with Gasteiger partial charge in [-0.25, -0.2) is 4.98 Å². The van der Waals surface area contributed by atoms with E-state index in [-0.39, 0.29) is 11.2 Å². The first kappa shape index (κ1) is 13.2. The molecule has 1 aromatic carbocycles. The molecule has 5 heteroatoms. The van der Waals surface area contributed by atoms with Crippen LogP contribution >= 0.6 is 11.8 Å². The maximum atomic E-state index is 12.3. The topological polar surface area (TPSA) is 57.8 Å². The van der Waals surface area contributed by atoms with Crippen LogP contribution in [0.15, 0.2) is 29.4 Å². The number of imidazole rings is 1. The minimum absolute atomic E-state index is 0.0617. The van der Waals surface area contributed by atoms with E-state index in [0.717, 1.165) is 35.1 Å².